The number of anilines is 2. The normalized spacial score (nSPS) is 12.5. The van der Waals surface area contributed by atoms with E-state index in [1.54, 1.807) is 42.6 Å². The van der Waals surface area contributed by atoms with Gasteiger partial charge in [0.25, 0.3) is 0 Å². The Hall–Kier alpha value is -9.10. The van der Waals surface area contributed by atoms with Crippen LogP contribution in [0, 0.1) is 5.92 Å². The Morgan fingerprint density at radius 2 is 1.29 bits per heavy atom. The van der Waals surface area contributed by atoms with E-state index in [1.807, 2.05) is 55.6 Å². The van der Waals surface area contributed by atoms with E-state index in [2.05, 4.69) is 58.2 Å². The van der Waals surface area contributed by atoms with Crippen molar-refractivity contribution in [2.24, 2.45) is 18.7 Å². The first-order valence-corrected chi connectivity index (χ1v) is 29.2. The van der Waals surface area contributed by atoms with E-state index in [0.29, 0.717) is 23.5 Å². The van der Waals surface area contributed by atoms with Crippen molar-refractivity contribution >= 4 is 70.8 Å². The molecule has 0 radical (unpaired) electrons. The van der Waals surface area contributed by atoms with Crippen LogP contribution in [0.5, 0.6) is 0 Å². The summed E-state index contributed by atoms with van der Waals surface area (Å²) in [5, 5.41) is 41.4. The Labute approximate surface area is 515 Å². The Balaban J connectivity index is 0.948. The molecule has 12 N–H and O–H groups in total. The molecular formula is C59H82N14O16. The van der Waals surface area contributed by atoms with Gasteiger partial charge in [-0.2, -0.15) is 0 Å². The van der Waals surface area contributed by atoms with Gasteiger partial charge in [0.2, 0.25) is 41.4 Å². The minimum absolute atomic E-state index is 0.00116. The molecule has 0 fully saturated rings. The van der Waals surface area contributed by atoms with Gasteiger partial charge in [0.15, 0.2) is 0 Å². The average Bonchev–Trinajstić information content (AvgIpc) is 2.12. The molecule has 1 aliphatic rings. The van der Waals surface area contributed by atoms with E-state index in [1.165, 1.54) is 12.1 Å². The third kappa shape index (κ3) is 24.9. The predicted molar refractivity (Wildman–Crippen MR) is 323 cm³/mol. The molecule has 4 aromatic rings. The van der Waals surface area contributed by atoms with Gasteiger partial charge >= 0.3 is 18.1 Å². The molecule has 0 saturated heterocycles. The molecule has 30 nitrogen and oxygen atoms in total. The SMILES string of the molecule is CNCNC(=O)CNC(=O)OCc1ccc(NC(=O)[C@H](CCCNC(N)=O)NC(=O)[C@@H](NC(=O)[C@H](CCC(=O)O)NC(=O)CCOCCOCCOCCOCCNC(=O)CCC(=O)N2Cc3ccccc3-c3nnn(C)c3-c3ccccc32)C(C)C)cc1. The number of benzene rings is 3. The van der Waals surface area contributed by atoms with Crippen molar-refractivity contribution in [1.29, 1.82) is 0 Å². The summed E-state index contributed by atoms with van der Waals surface area (Å²) in [6.07, 6.45) is -1.60. The van der Waals surface area contributed by atoms with Gasteiger partial charge in [0.05, 0.1) is 77.4 Å². The van der Waals surface area contributed by atoms with Crippen molar-refractivity contribution in [3.8, 4) is 22.5 Å². The highest BCUT2D eigenvalue weighted by atomic mass is 16.6. The quantitative estimate of drug-likeness (QED) is 0.0219. The zero-order valence-electron chi connectivity index (χ0n) is 50.5. The van der Waals surface area contributed by atoms with Crippen molar-refractivity contribution in [2.75, 3.05) is 96.4 Å². The number of hydrogen-bond donors (Lipinski definition) is 11. The number of carbonyl (C=O) groups excluding carboxylic acids is 9. The maximum atomic E-state index is 13.8. The highest BCUT2D eigenvalue weighted by Crippen LogP contribution is 2.41. The molecule has 0 saturated carbocycles. The van der Waals surface area contributed by atoms with E-state index in [-0.39, 0.29) is 136 Å². The predicted octanol–water partition coefficient (Wildman–Crippen LogP) is 0.930. The molecule has 0 aliphatic carbocycles. The molecule has 1 aromatic heterocycles. The second-order valence-electron chi connectivity index (χ2n) is 20.6. The van der Waals surface area contributed by atoms with Gasteiger partial charge in [0, 0.05) is 62.6 Å². The molecule has 0 unspecified atom stereocenters. The number of rotatable bonds is 39. The number of para-hydroxylation sites is 1. The van der Waals surface area contributed by atoms with Gasteiger partial charge in [-0.05, 0) is 61.6 Å². The van der Waals surface area contributed by atoms with E-state index in [4.69, 9.17) is 29.4 Å². The van der Waals surface area contributed by atoms with Crippen LogP contribution in [-0.4, -0.2) is 184 Å². The van der Waals surface area contributed by atoms with Crippen LogP contribution in [0.4, 0.5) is 21.0 Å². The third-order valence-corrected chi connectivity index (χ3v) is 13.5. The maximum absolute atomic E-state index is 13.8. The fourth-order valence-electron chi connectivity index (χ4n) is 8.91. The molecule has 89 heavy (non-hydrogen) atoms. The summed E-state index contributed by atoms with van der Waals surface area (Å²) in [5.74, 6) is -5.56. The lowest BCUT2D eigenvalue weighted by Crippen LogP contribution is -2.58. The second-order valence-corrected chi connectivity index (χ2v) is 20.6. The number of carboxylic acids is 1. The van der Waals surface area contributed by atoms with Crippen LogP contribution in [0.1, 0.15) is 69.9 Å². The van der Waals surface area contributed by atoms with Gasteiger partial charge in [-0.25, -0.2) is 14.3 Å². The molecule has 2 heterocycles. The number of nitrogens with zero attached hydrogens (tertiary/aromatic N) is 4. The van der Waals surface area contributed by atoms with Crippen molar-refractivity contribution < 1.29 is 76.7 Å². The van der Waals surface area contributed by atoms with E-state index < -0.39 is 78.1 Å². The molecular weight excluding hydrogens is 1160 g/mol. The molecule has 5 rings (SSSR count). The van der Waals surface area contributed by atoms with Crippen LogP contribution in [0.15, 0.2) is 72.8 Å². The summed E-state index contributed by atoms with van der Waals surface area (Å²) >= 11 is 0. The molecule has 30 heteroatoms. The molecule has 3 atom stereocenters. The van der Waals surface area contributed by atoms with Crippen molar-refractivity contribution in [3.63, 3.8) is 0 Å². The number of urea groups is 1. The molecule has 1 aliphatic heterocycles. The minimum atomic E-state index is -1.36. The zero-order chi connectivity index (χ0) is 64.5. The molecule has 3 aromatic carbocycles. The summed E-state index contributed by atoms with van der Waals surface area (Å²) in [4.78, 5) is 129. The van der Waals surface area contributed by atoms with E-state index in [0.717, 1.165) is 28.1 Å². The number of fused-ring (bicyclic) bond motifs is 5. The summed E-state index contributed by atoms with van der Waals surface area (Å²) in [6, 6.07) is 17.0. The Kier molecular flexibility index (Phi) is 30.4. The Morgan fingerprint density at radius 3 is 1.97 bits per heavy atom. The number of ether oxygens (including phenoxy) is 5. The van der Waals surface area contributed by atoms with Crippen LogP contribution in [0.25, 0.3) is 22.5 Å². The van der Waals surface area contributed by atoms with Gasteiger partial charge in [0.1, 0.15) is 37.0 Å². The highest BCUT2D eigenvalue weighted by Gasteiger charge is 2.33. The number of hydrogen-bond acceptors (Lipinski definition) is 18. The van der Waals surface area contributed by atoms with Crippen LogP contribution in [-0.2, 0) is 82.2 Å². The maximum Gasteiger partial charge on any atom is 0.407 e. The number of nitrogens with two attached hydrogens (primary N) is 1. The number of aromatic nitrogens is 3. The monoisotopic (exact) mass is 1240 g/mol. The minimum Gasteiger partial charge on any atom is -0.481 e. The lowest BCUT2D eigenvalue weighted by Gasteiger charge is -2.28. The van der Waals surface area contributed by atoms with Gasteiger partial charge < -0.3 is 87.3 Å². The topological polar surface area (TPSA) is 405 Å². The van der Waals surface area contributed by atoms with Crippen LogP contribution < -0.4 is 58.5 Å². The Bertz CT molecular complexity index is 3000. The number of alkyl carbamates (subject to hydrolysis) is 1. The Morgan fingerprint density at radius 1 is 0.640 bits per heavy atom. The van der Waals surface area contributed by atoms with Gasteiger partial charge in [-0.1, -0.05) is 73.7 Å². The average molecular weight is 1240 g/mol. The fraction of sp³-hybridized carbons (Fsp3) is 0.492. The number of carbonyl (C=O) groups is 10. The van der Waals surface area contributed by atoms with Crippen LogP contribution in [0.2, 0.25) is 0 Å². The number of primary amides is 1. The lowest BCUT2D eigenvalue weighted by molar-refractivity contribution is -0.138. The number of nitrogens with one attached hydrogen (secondary N) is 9. The standard InChI is InChI=1S/C59H82N14O16/c1-38(2)52(57(82)68-44(13-9-24-63-58(60)83)55(80)66-41-17-15-39(16-18-41)36-89-59(84)64-34-49(76)65-37-61-3)69-56(81)45(19-22-51(78)79)67-48(75)23-26-85-28-30-87-32-33-88-31-29-86-27-25-62-47(74)20-21-50(77)73-35-40-10-5-6-11-42(40)53-54(72(4)71-70-53)43-12-7-8-14-46(43)73/h5-8,10-12,14-18,38,44-45,52,61H,9,13,19-37H2,1-4H3,(H,62,74)(H,64,84)(H,65,76)(H,66,80)(H,67,75)(H,68,82)(H,69,81)(H,78,79)(H3,60,63,83)/t44-,45-,52-/m0/s1. The zero-order valence-corrected chi connectivity index (χ0v) is 50.5. The summed E-state index contributed by atoms with van der Waals surface area (Å²) < 4.78 is 29.0. The first kappa shape index (κ1) is 70.7. The number of aliphatic carboxylic acids is 1. The van der Waals surface area contributed by atoms with E-state index in [9.17, 15) is 53.1 Å². The largest absolute Gasteiger partial charge is 0.481 e. The number of amides is 10. The molecule has 10 amide bonds. The molecule has 484 valence electrons. The first-order chi connectivity index (χ1) is 42.8. The second kappa shape index (κ2) is 38.2. The molecule has 0 bridgehead atoms. The van der Waals surface area contributed by atoms with Gasteiger partial charge in [-0.15, -0.1) is 5.10 Å². The fourth-order valence-corrected chi connectivity index (χ4v) is 8.91. The van der Waals surface area contributed by atoms with E-state index >= 15 is 0 Å². The van der Waals surface area contributed by atoms with Gasteiger partial charge in [-0.3, -0.25) is 38.4 Å². The molecule has 0 spiro atoms. The first-order valence-electron chi connectivity index (χ1n) is 29.2. The van der Waals surface area contributed by atoms with Crippen molar-refractivity contribution in [3.05, 3.63) is 83.9 Å². The summed E-state index contributed by atoms with van der Waals surface area (Å²) in [6.45, 7) is 5.21. The number of aryl methyl sites for hydroxylation is 1. The van der Waals surface area contributed by atoms with Crippen molar-refractivity contribution in [2.45, 2.75) is 90.1 Å². The summed E-state index contributed by atoms with van der Waals surface area (Å²) in [5.41, 5.74) is 10.9. The third-order valence-electron chi connectivity index (χ3n) is 13.5. The van der Waals surface area contributed by atoms with Crippen LogP contribution >= 0.6 is 0 Å². The highest BCUT2D eigenvalue weighted by molar-refractivity contribution is 6.02. The smallest absolute Gasteiger partial charge is 0.407 e. The lowest BCUT2D eigenvalue weighted by atomic mass is 9.95. The van der Waals surface area contributed by atoms with Crippen molar-refractivity contribution in [1.82, 2.24) is 57.5 Å². The van der Waals surface area contributed by atoms with Crippen LogP contribution in [0.3, 0.4) is 0 Å². The number of carboxylic acid groups (broad SMARTS) is 1. The summed E-state index contributed by atoms with van der Waals surface area (Å²) in [7, 11) is 3.46.